The SMILES string of the molecule is COCCCN1C(=O)C(O)=C(C(=O)c2ccc(C)o2)[C@H]1c1ccc(C(C)(C)C)cc1. The number of aliphatic hydroxyl groups is 1. The zero-order valence-corrected chi connectivity index (χ0v) is 18.2. The molecule has 0 aliphatic carbocycles. The molecule has 30 heavy (non-hydrogen) atoms. The summed E-state index contributed by atoms with van der Waals surface area (Å²) >= 11 is 0. The Labute approximate surface area is 177 Å². The van der Waals surface area contributed by atoms with Crippen molar-refractivity contribution in [1.29, 1.82) is 0 Å². The van der Waals surface area contributed by atoms with Crippen LogP contribution in [0.15, 0.2) is 52.1 Å². The molecule has 1 amide bonds. The molecule has 0 saturated heterocycles. The van der Waals surface area contributed by atoms with Crippen LogP contribution in [-0.2, 0) is 14.9 Å². The number of ether oxygens (including phenoxy) is 1. The van der Waals surface area contributed by atoms with Crippen LogP contribution in [0.2, 0.25) is 0 Å². The van der Waals surface area contributed by atoms with Crippen molar-refractivity contribution in [2.24, 2.45) is 0 Å². The maximum absolute atomic E-state index is 13.2. The van der Waals surface area contributed by atoms with Crippen molar-refractivity contribution in [2.75, 3.05) is 20.3 Å². The third-order valence-corrected chi connectivity index (χ3v) is 5.35. The van der Waals surface area contributed by atoms with Crippen LogP contribution in [0.3, 0.4) is 0 Å². The number of nitrogens with zero attached hydrogens (tertiary/aromatic N) is 1. The number of carbonyl (C=O) groups is 2. The van der Waals surface area contributed by atoms with E-state index in [2.05, 4.69) is 20.8 Å². The third kappa shape index (κ3) is 4.19. The molecule has 1 aliphatic rings. The van der Waals surface area contributed by atoms with E-state index in [0.29, 0.717) is 25.3 Å². The predicted molar refractivity (Wildman–Crippen MR) is 114 cm³/mol. The minimum atomic E-state index is -0.679. The van der Waals surface area contributed by atoms with Gasteiger partial charge in [0.1, 0.15) is 5.76 Å². The van der Waals surface area contributed by atoms with Crippen LogP contribution >= 0.6 is 0 Å². The Morgan fingerprint density at radius 2 is 1.83 bits per heavy atom. The predicted octanol–water partition coefficient (Wildman–Crippen LogP) is 4.50. The Morgan fingerprint density at radius 1 is 1.17 bits per heavy atom. The van der Waals surface area contributed by atoms with Gasteiger partial charge in [0.15, 0.2) is 11.5 Å². The minimum absolute atomic E-state index is 0.0233. The van der Waals surface area contributed by atoms with Gasteiger partial charge in [0.05, 0.1) is 11.6 Å². The summed E-state index contributed by atoms with van der Waals surface area (Å²) in [6.45, 7) is 8.94. The molecule has 0 fully saturated rings. The second-order valence-electron chi connectivity index (χ2n) is 8.62. The van der Waals surface area contributed by atoms with Crippen molar-refractivity contribution < 1.29 is 23.8 Å². The molecule has 6 heteroatoms. The first-order valence-electron chi connectivity index (χ1n) is 10.1. The highest BCUT2D eigenvalue weighted by molar-refractivity contribution is 6.15. The molecule has 0 spiro atoms. The molecule has 0 bridgehead atoms. The van der Waals surface area contributed by atoms with Gasteiger partial charge in [-0.3, -0.25) is 9.59 Å². The average Bonchev–Trinajstić information content (AvgIpc) is 3.24. The first-order chi connectivity index (χ1) is 14.1. The number of furan rings is 1. The summed E-state index contributed by atoms with van der Waals surface area (Å²) in [6, 6.07) is 10.4. The summed E-state index contributed by atoms with van der Waals surface area (Å²) in [7, 11) is 1.60. The van der Waals surface area contributed by atoms with E-state index >= 15 is 0 Å². The molecule has 0 radical (unpaired) electrons. The lowest BCUT2D eigenvalue weighted by atomic mass is 9.85. The summed E-state index contributed by atoms with van der Waals surface area (Å²) in [5.41, 5.74) is 1.94. The van der Waals surface area contributed by atoms with E-state index in [0.717, 1.165) is 11.1 Å². The molecule has 160 valence electrons. The summed E-state index contributed by atoms with van der Waals surface area (Å²) < 4.78 is 10.6. The van der Waals surface area contributed by atoms with E-state index in [4.69, 9.17) is 9.15 Å². The van der Waals surface area contributed by atoms with Crippen molar-refractivity contribution in [3.8, 4) is 0 Å². The molecule has 2 heterocycles. The van der Waals surface area contributed by atoms with E-state index in [1.54, 1.807) is 26.2 Å². The van der Waals surface area contributed by atoms with Crippen molar-refractivity contribution in [3.05, 3.63) is 70.4 Å². The lowest BCUT2D eigenvalue weighted by Gasteiger charge is -2.27. The van der Waals surface area contributed by atoms with Gasteiger partial charge in [0, 0.05) is 20.3 Å². The number of aliphatic hydroxyl groups excluding tert-OH is 1. The Bertz CT molecular complexity index is 962. The quantitative estimate of drug-likeness (QED) is 0.536. The number of rotatable bonds is 7. The highest BCUT2D eigenvalue weighted by atomic mass is 16.5. The zero-order valence-electron chi connectivity index (χ0n) is 18.2. The van der Waals surface area contributed by atoms with Gasteiger partial charge in [-0.05, 0) is 42.0 Å². The summed E-state index contributed by atoms with van der Waals surface area (Å²) in [5, 5.41) is 10.6. The van der Waals surface area contributed by atoms with Gasteiger partial charge in [0.25, 0.3) is 5.91 Å². The van der Waals surface area contributed by atoms with E-state index < -0.39 is 23.5 Å². The molecule has 3 rings (SSSR count). The second kappa shape index (κ2) is 8.48. The van der Waals surface area contributed by atoms with Crippen LogP contribution in [0.25, 0.3) is 0 Å². The van der Waals surface area contributed by atoms with Gasteiger partial charge < -0.3 is 19.2 Å². The number of benzene rings is 1. The van der Waals surface area contributed by atoms with Crippen LogP contribution in [0, 0.1) is 6.92 Å². The Balaban J connectivity index is 2.03. The van der Waals surface area contributed by atoms with Crippen molar-refractivity contribution in [2.45, 2.75) is 45.6 Å². The zero-order chi connectivity index (χ0) is 22.1. The van der Waals surface area contributed by atoms with E-state index in [-0.39, 0.29) is 16.7 Å². The number of amides is 1. The van der Waals surface area contributed by atoms with Crippen LogP contribution in [0.5, 0.6) is 0 Å². The molecule has 1 aromatic carbocycles. The molecule has 6 nitrogen and oxygen atoms in total. The lowest BCUT2D eigenvalue weighted by molar-refractivity contribution is -0.129. The van der Waals surface area contributed by atoms with Crippen LogP contribution < -0.4 is 0 Å². The van der Waals surface area contributed by atoms with Crippen molar-refractivity contribution in [1.82, 2.24) is 4.90 Å². The van der Waals surface area contributed by atoms with E-state index in [1.165, 1.54) is 4.90 Å². The van der Waals surface area contributed by atoms with Gasteiger partial charge in [0.2, 0.25) is 5.78 Å². The fourth-order valence-electron chi connectivity index (χ4n) is 3.70. The lowest BCUT2D eigenvalue weighted by Crippen LogP contribution is -2.32. The largest absolute Gasteiger partial charge is 0.503 e. The van der Waals surface area contributed by atoms with E-state index in [1.807, 2.05) is 24.3 Å². The Morgan fingerprint density at radius 3 is 2.37 bits per heavy atom. The average molecular weight is 411 g/mol. The summed E-state index contributed by atoms with van der Waals surface area (Å²) in [6.07, 6.45) is 0.591. The fourth-order valence-corrected chi connectivity index (χ4v) is 3.70. The van der Waals surface area contributed by atoms with Crippen LogP contribution in [-0.4, -0.2) is 42.0 Å². The molecule has 0 saturated carbocycles. The highest BCUT2D eigenvalue weighted by Gasteiger charge is 2.44. The number of ketones is 1. The summed E-state index contributed by atoms with van der Waals surface area (Å²) in [5.74, 6) is -0.852. The third-order valence-electron chi connectivity index (χ3n) is 5.35. The number of carbonyl (C=O) groups excluding carboxylic acids is 2. The molecule has 2 aromatic rings. The van der Waals surface area contributed by atoms with Crippen molar-refractivity contribution in [3.63, 3.8) is 0 Å². The number of hydrogen-bond acceptors (Lipinski definition) is 5. The molecular weight excluding hydrogens is 382 g/mol. The molecule has 1 aliphatic heterocycles. The van der Waals surface area contributed by atoms with E-state index in [9.17, 15) is 14.7 Å². The van der Waals surface area contributed by atoms with Crippen molar-refractivity contribution >= 4 is 11.7 Å². The van der Waals surface area contributed by atoms with Gasteiger partial charge in [-0.15, -0.1) is 0 Å². The maximum atomic E-state index is 13.2. The van der Waals surface area contributed by atoms with Crippen LogP contribution in [0.1, 0.15) is 60.7 Å². The minimum Gasteiger partial charge on any atom is -0.503 e. The first kappa shape index (κ1) is 21.8. The fraction of sp³-hybridized carbons (Fsp3) is 0.417. The molecular formula is C24H29NO5. The van der Waals surface area contributed by atoms with Gasteiger partial charge in [-0.1, -0.05) is 45.0 Å². The molecule has 0 unspecified atom stereocenters. The second-order valence-corrected chi connectivity index (χ2v) is 8.62. The monoisotopic (exact) mass is 411 g/mol. The number of hydrogen-bond donors (Lipinski definition) is 1. The Hall–Kier alpha value is -2.86. The van der Waals surface area contributed by atoms with Crippen LogP contribution in [0.4, 0.5) is 0 Å². The number of methoxy groups -OCH3 is 1. The standard InChI is InChI=1S/C24H29NO5/c1-15-7-12-18(30-15)21(26)19-20(16-8-10-17(11-9-16)24(2,3)4)25(13-6-14-29-5)23(28)22(19)27/h7-12,20,27H,6,13-14H2,1-5H3/t20-/m1/s1. The number of aryl methyl sites for hydroxylation is 1. The normalized spacial score (nSPS) is 17.2. The smallest absolute Gasteiger partial charge is 0.290 e. The van der Waals surface area contributed by atoms with Gasteiger partial charge >= 0.3 is 0 Å². The van der Waals surface area contributed by atoms with Gasteiger partial charge in [-0.2, -0.15) is 0 Å². The maximum Gasteiger partial charge on any atom is 0.290 e. The summed E-state index contributed by atoms with van der Waals surface area (Å²) in [4.78, 5) is 27.6. The highest BCUT2D eigenvalue weighted by Crippen LogP contribution is 2.39. The first-order valence-corrected chi connectivity index (χ1v) is 10.1. The van der Waals surface area contributed by atoms with Gasteiger partial charge in [-0.25, -0.2) is 0 Å². The Kier molecular flexibility index (Phi) is 6.17. The molecule has 1 atom stereocenters. The molecule has 1 N–H and O–H groups in total. The number of Topliss-reactive ketones (excluding diaryl/α,β-unsaturated/α-hetero) is 1. The molecule has 1 aromatic heterocycles. The topological polar surface area (TPSA) is 80.0 Å².